The molecular formula is C23H28N4O. The average molecular weight is 377 g/mol. The minimum absolute atomic E-state index is 0.786. The van der Waals surface area contributed by atoms with E-state index < -0.39 is 0 Å². The first-order valence-electron chi connectivity index (χ1n) is 10.0. The van der Waals surface area contributed by atoms with Crippen LogP contribution in [0.3, 0.4) is 0 Å². The van der Waals surface area contributed by atoms with Gasteiger partial charge in [0, 0.05) is 50.0 Å². The molecule has 1 saturated heterocycles. The van der Waals surface area contributed by atoms with E-state index in [0.717, 1.165) is 58.2 Å². The third kappa shape index (κ3) is 5.07. The summed E-state index contributed by atoms with van der Waals surface area (Å²) in [5.74, 6) is 0. The summed E-state index contributed by atoms with van der Waals surface area (Å²) in [5.41, 5.74) is 4.73. The van der Waals surface area contributed by atoms with Gasteiger partial charge in [-0.2, -0.15) is 5.10 Å². The number of benzene rings is 2. The summed E-state index contributed by atoms with van der Waals surface area (Å²) < 4.78 is 7.47. The maximum absolute atomic E-state index is 5.42. The number of hydrogen-bond donors (Lipinski definition) is 1. The molecular weight excluding hydrogens is 348 g/mol. The second-order valence-electron chi connectivity index (χ2n) is 7.18. The van der Waals surface area contributed by atoms with Crippen LogP contribution >= 0.6 is 0 Å². The van der Waals surface area contributed by atoms with Crippen molar-refractivity contribution in [1.29, 1.82) is 0 Å². The van der Waals surface area contributed by atoms with E-state index in [1.54, 1.807) is 0 Å². The third-order valence-corrected chi connectivity index (χ3v) is 5.10. The molecule has 0 unspecified atom stereocenters. The van der Waals surface area contributed by atoms with E-state index in [2.05, 4.69) is 69.6 Å². The van der Waals surface area contributed by atoms with Crippen molar-refractivity contribution >= 4 is 0 Å². The fraction of sp³-hybridized carbons (Fsp3) is 0.348. The Morgan fingerprint density at radius 2 is 1.64 bits per heavy atom. The van der Waals surface area contributed by atoms with Gasteiger partial charge in [-0.05, 0) is 5.56 Å². The molecule has 0 aliphatic carbocycles. The highest BCUT2D eigenvalue weighted by Crippen LogP contribution is 2.22. The van der Waals surface area contributed by atoms with Crippen LogP contribution in [0.25, 0.3) is 11.3 Å². The van der Waals surface area contributed by atoms with Gasteiger partial charge in [0.1, 0.15) is 0 Å². The minimum atomic E-state index is 0.786. The summed E-state index contributed by atoms with van der Waals surface area (Å²) in [5, 5.41) is 8.49. The van der Waals surface area contributed by atoms with Crippen molar-refractivity contribution in [2.75, 3.05) is 39.4 Å². The van der Waals surface area contributed by atoms with Gasteiger partial charge in [0.15, 0.2) is 0 Å². The van der Waals surface area contributed by atoms with E-state index in [0.29, 0.717) is 0 Å². The van der Waals surface area contributed by atoms with E-state index in [4.69, 9.17) is 9.84 Å². The number of ether oxygens (including phenoxy) is 1. The molecule has 0 amide bonds. The highest BCUT2D eigenvalue weighted by Gasteiger charge is 2.12. The van der Waals surface area contributed by atoms with Crippen molar-refractivity contribution in [2.24, 2.45) is 0 Å². The van der Waals surface area contributed by atoms with Crippen LogP contribution in [-0.4, -0.2) is 54.1 Å². The lowest BCUT2D eigenvalue weighted by Gasteiger charge is -2.26. The molecule has 146 valence electrons. The van der Waals surface area contributed by atoms with Crippen LogP contribution < -0.4 is 5.32 Å². The molecule has 0 saturated carbocycles. The van der Waals surface area contributed by atoms with Crippen LogP contribution in [0.4, 0.5) is 0 Å². The van der Waals surface area contributed by atoms with E-state index in [9.17, 15) is 0 Å². The van der Waals surface area contributed by atoms with Gasteiger partial charge in [0.2, 0.25) is 0 Å². The zero-order chi connectivity index (χ0) is 19.0. The molecule has 3 aromatic rings. The van der Waals surface area contributed by atoms with Crippen LogP contribution in [0.2, 0.25) is 0 Å². The van der Waals surface area contributed by atoms with E-state index in [1.165, 1.54) is 16.7 Å². The van der Waals surface area contributed by atoms with Crippen molar-refractivity contribution in [2.45, 2.75) is 13.1 Å². The first kappa shape index (κ1) is 18.9. The van der Waals surface area contributed by atoms with Gasteiger partial charge in [0.25, 0.3) is 0 Å². The van der Waals surface area contributed by atoms with Crippen molar-refractivity contribution in [3.63, 3.8) is 0 Å². The summed E-state index contributed by atoms with van der Waals surface area (Å²) in [6.45, 7) is 7.41. The predicted molar refractivity (Wildman–Crippen MR) is 112 cm³/mol. The third-order valence-electron chi connectivity index (χ3n) is 5.10. The highest BCUT2D eigenvalue weighted by molar-refractivity contribution is 5.62. The van der Waals surface area contributed by atoms with Gasteiger partial charge in [-0.3, -0.25) is 9.58 Å². The zero-order valence-electron chi connectivity index (χ0n) is 16.3. The number of aromatic nitrogens is 2. The van der Waals surface area contributed by atoms with Crippen LogP contribution in [0.15, 0.2) is 66.9 Å². The van der Waals surface area contributed by atoms with Crippen molar-refractivity contribution < 1.29 is 4.74 Å². The SMILES string of the molecule is c1ccc(Cn2cc(CNCCN3CCOCC3)c(-c3ccccc3)n2)cc1. The van der Waals surface area contributed by atoms with Gasteiger partial charge in [-0.1, -0.05) is 60.7 Å². The molecule has 28 heavy (non-hydrogen) atoms. The molecule has 1 N–H and O–H groups in total. The number of morpholine rings is 1. The summed E-state index contributed by atoms with van der Waals surface area (Å²) in [6, 6.07) is 20.9. The Balaban J connectivity index is 1.43. The minimum Gasteiger partial charge on any atom is -0.379 e. The fourth-order valence-electron chi connectivity index (χ4n) is 3.57. The smallest absolute Gasteiger partial charge is 0.0968 e. The van der Waals surface area contributed by atoms with E-state index >= 15 is 0 Å². The molecule has 5 nitrogen and oxygen atoms in total. The largest absolute Gasteiger partial charge is 0.379 e. The first-order chi connectivity index (χ1) is 13.9. The Hall–Kier alpha value is -2.47. The molecule has 1 aromatic heterocycles. The predicted octanol–water partition coefficient (Wildman–Crippen LogP) is 3.02. The highest BCUT2D eigenvalue weighted by atomic mass is 16.5. The van der Waals surface area contributed by atoms with Gasteiger partial charge in [-0.25, -0.2) is 0 Å². The molecule has 0 radical (unpaired) electrons. The Morgan fingerprint density at radius 3 is 2.39 bits per heavy atom. The molecule has 0 bridgehead atoms. The molecule has 4 rings (SSSR count). The number of nitrogens with zero attached hydrogens (tertiary/aromatic N) is 3. The first-order valence-corrected chi connectivity index (χ1v) is 10.0. The molecule has 1 fully saturated rings. The van der Waals surface area contributed by atoms with Gasteiger partial charge in [-0.15, -0.1) is 0 Å². The van der Waals surface area contributed by atoms with Gasteiger partial charge >= 0.3 is 0 Å². The second-order valence-corrected chi connectivity index (χ2v) is 7.18. The number of nitrogens with one attached hydrogen (secondary N) is 1. The molecule has 2 heterocycles. The van der Waals surface area contributed by atoms with E-state index in [-0.39, 0.29) is 0 Å². The topological polar surface area (TPSA) is 42.3 Å². The molecule has 1 aliphatic heterocycles. The Bertz CT molecular complexity index is 842. The number of rotatable bonds is 8. The molecule has 2 aromatic carbocycles. The number of hydrogen-bond acceptors (Lipinski definition) is 4. The van der Waals surface area contributed by atoms with Crippen LogP contribution in [0.1, 0.15) is 11.1 Å². The molecule has 0 spiro atoms. The molecule has 1 aliphatic rings. The molecule has 5 heteroatoms. The molecule has 0 atom stereocenters. The Kier molecular flexibility index (Phi) is 6.50. The summed E-state index contributed by atoms with van der Waals surface area (Å²) in [6.07, 6.45) is 2.18. The zero-order valence-corrected chi connectivity index (χ0v) is 16.3. The van der Waals surface area contributed by atoms with Crippen LogP contribution in [0, 0.1) is 0 Å². The lowest BCUT2D eigenvalue weighted by Crippen LogP contribution is -2.40. The summed E-state index contributed by atoms with van der Waals surface area (Å²) in [7, 11) is 0. The van der Waals surface area contributed by atoms with Crippen LogP contribution in [0.5, 0.6) is 0 Å². The van der Waals surface area contributed by atoms with Crippen LogP contribution in [-0.2, 0) is 17.8 Å². The normalized spacial score (nSPS) is 15.0. The lowest BCUT2D eigenvalue weighted by molar-refractivity contribution is 0.0384. The van der Waals surface area contributed by atoms with Crippen molar-refractivity contribution in [1.82, 2.24) is 20.0 Å². The van der Waals surface area contributed by atoms with E-state index in [1.807, 2.05) is 12.1 Å². The monoisotopic (exact) mass is 376 g/mol. The van der Waals surface area contributed by atoms with Crippen molar-refractivity contribution in [3.05, 3.63) is 78.0 Å². The van der Waals surface area contributed by atoms with Crippen molar-refractivity contribution in [3.8, 4) is 11.3 Å². The summed E-state index contributed by atoms with van der Waals surface area (Å²) >= 11 is 0. The lowest BCUT2D eigenvalue weighted by atomic mass is 10.1. The quantitative estimate of drug-likeness (QED) is 0.614. The average Bonchev–Trinajstić information content (AvgIpc) is 3.16. The second kappa shape index (κ2) is 9.64. The maximum atomic E-state index is 5.42. The maximum Gasteiger partial charge on any atom is 0.0968 e. The van der Waals surface area contributed by atoms with Gasteiger partial charge < -0.3 is 10.1 Å². The Morgan fingerprint density at radius 1 is 0.929 bits per heavy atom. The Labute approximate surface area is 166 Å². The standard InChI is InChI=1S/C23H28N4O/c1-3-7-20(8-4-1)18-27-19-22(23(25-27)21-9-5-2-6-10-21)17-24-11-12-26-13-15-28-16-14-26/h1-10,19,24H,11-18H2. The van der Waals surface area contributed by atoms with Gasteiger partial charge in [0.05, 0.1) is 25.5 Å². The fourth-order valence-corrected chi connectivity index (χ4v) is 3.57. The summed E-state index contributed by atoms with van der Waals surface area (Å²) in [4.78, 5) is 2.45.